The molecule has 0 atom stereocenters. The first-order valence-corrected chi connectivity index (χ1v) is 5.62. The Balaban J connectivity index is 2.03. The van der Waals surface area contributed by atoms with Gasteiger partial charge in [0.25, 0.3) is 0 Å². The molecule has 15 heavy (non-hydrogen) atoms. The van der Waals surface area contributed by atoms with Crippen LogP contribution in [0.25, 0.3) is 0 Å². The zero-order valence-electron chi connectivity index (χ0n) is 9.44. The summed E-state index contributed by atoms with van der Waals surface area (Å²) in [5.74, 6) is 0.714. The van der Waals surface area contributed by atoms with E-state index in [1.807, 2.05) is 12.1 Å². The van der Waals surface area contributed by atoms with Gasteiger partial charge in [-0.2, -0.15) is 0 Å². The summed E-state index contributed by atoms with van der Waals surface area (Å²) in [6, 6.07) is 4.26. The third-order valence-corrected chi connectivity index (χ3v) is 3.34. The van der Waals surface area contributed by atoms with Crippen molar-refractivity contribution in [2.24, 2.45) is 0 Å². The van der Waals surface area contributed by atoms with Gasteiger partial charge in [0.15, 0.2) is 0 Å². The van der Waals surface area contributed by atoms with Crippen LogP contribution in [-0.2, 0) is 5.60 Å². The molecule has 84 valence electrons. The Morgan fingerprint density at radius 1 is 1.40 bits per heavy atom. The normalized spacial score (nSPS) is 22.1. The van der Waals surface area contributed by atoms with Gasteiger partial charge in [0, 0.05) is 19.1 Å². The molecule has 0 saturated carbocycles. The number of piperidine rings is 1. The zero-order valence-corrected chi connectivity index (χ0v) is 9.44. The molecule has 0 amide bonds. The molecule has 2 heterocycles. The van der Waals surface area contributed by atoms with Crippen LogP contribution < -0.4 is 0 Å². The third-order valence-electron chi connectivity index (χ3n) is 3.34. The van der Waals surface area contributed by atoms with Crippen LogP contribution in [0.5, 0.6) is 0 Å². The fourth-order valence-electron chi connectivity index (χ4n) is 2.20. The SMILES string of the molecule is CC(C)N1CCC(O)(c2ccco2)CC1. The molecular formula is C12H19NO2. The van der Waals surface area contributed by atoms with Gasteiger partial charge in [-0.15, -0.1) is 0 Å². The number of furan rings is 1. The molecule has 3 nitrogen and oxygen atoms in total. The van der Waals surface area contributed by atoms with Crippen molar-refractivity contribution in [1.29, 1.82) is 0 Å². The summed E-state index contributed by atoms with van der Waals surface area (Å²) in [5, 5.41) is 10.4. The first kappa shape index (κ1) is 10.7. The predicted molar refractivity (Wildman–Crippen MR) is 58.5 cm³/mol. The molecule has 1 aliphatic rings. The van der Waals surface area contributed by atoms with E-state index in [9.17, 15) is 5.11 Å². The van der Waals surface area contributed by atoms with Gasteiger partial charge in [-0.05, 0) is 38.8 Å². The molecular weight excluding hydrogens is 190 g/mol. The molecule has 1 N–H and O–H groups in total. The topological polar surface area (TPSA) is 36.6 Å². The lowest BCUT2D eigenvalue weighted by Crippen LogP contribution is -2.45. The average Bonchev–Trinajstić information content (AvgIpc) is 2.71. The van der Waals surface area contributed by atoms with Crippen LogP contribution in [0.1, 0.15) is 32.4 Å². The summed E-state index contributed by atoms with van der Waals surface area (Å²) in [5.41, 5.74) is -0.741. The summed E-state index contributed by atoms with van der Waals surface area (Å²) in [7, 11) is 0. The number of nitrogens with zero attached hydrogens (tertiary/aromatic N) is 1. The molecule has 1 aromatic rings. The zero-order chi connectivity index (χ0) is 10.9. The minimum absolute atomic E-state index is 0.561. The summed E-state index contributed by atoms with van der Waals surface area (Å²) in [4.78, 5) is 2.39. The van der Waals surface area contributed by atoms with Crippen LogP contribution in [0.15, 0.2) is 22.8 Å². The van der Waals surface area contributed by atoms with E-state index < -0.39 is 5.60 Å². The molecule has 1 saturated heterocycles. The summed E-state index contributed by atoms with van der Waals surface area (Å²) in [6.45, 7) is 6.26. The maximum Gasteiger partial charge on any atom is 0.135 e. The summed E-state index contributed by atoms with van der Waals surface area (Å²) in [6.07, 6.45) is 3.15. The van der Waals surface area contributed by atoms with Crippen molar-refractivity contribution in [3.8, 4) is 0 Å². The van der Waals surface area contributed by atoms with E-state index in [4.69, 9.17) is 4.42 Å². The van der Waals surface area contributed by atoms with E-state index in [0.717, 1.165) is 25.9 Å². The van der Waals surface area contributed by atoms with Gasteiger partial charge < -0.3 is 14.4 Å². The van der Waals surface area contributed by atoms with Gasteiger partial charge in [-0.3, -0.25) is 0 Å². The number of hydrogen-bond donors (Lipinski definition) is 1. The Bertz CT molecular complexity index is 297. The van der Waals surface area contributed by atoms with Gasteiger partial charge in [-0.25, -0.2) is 0 Å². The second-order valence-corrected chi connectivity index (χ2v) is 4.64. The average molecular weight is 209 g/mol. The Hall–Kier alpha value is -0.800. The van der Waals surface area contributed by atoms with Crippen LogP contribution in [0.3, 0.4) is 0 Å². The minimum atomic E-state index is -0.741. The van der Waals surface area contributed by atoms with Crippen molar-refractivity contribution in [1.82, 2.24) is 4.90 Å². The standard InChI is InChI=1S/C12H19NO2/c1-10(2)13-7-5-12(14,6-8-13)11-4-3-9-15-11/h3-4,9-10,14H,5-8H2,1-2H3. The second-order valence-electron chi connectivity index (χ2n) is 4.64. The van der Waals surface area contributed by atoms with Gasteiger partial charge in [0.2, 0.25) is 0 Å². The van der Waals surface area contributed by atoms with Crippen LogP contribution in [0, 0.1) is 0 Å². The lowest BCUT2D eigenvalue weighted by atomic mass is 9.88. The molecule has 0 bridgehead atoms. The number of hydrogen-bond acceptors (Lipinski definition) is 3. The van der Waals surface area contributed by atoms with E-state index in [1.165, 1.54) is 0 Å². The fourth-order valence-corrected chi connectivity index (χ4v) is 2.20. The van der Waals surface area contributed by atoms with Gasteiger partial charge >= 0.3 is 0 Å². The van der Waals surface area contributed by atoms with Gasteiger partial charge in [-0.1, -0.05) is 0 Å². The Morgan fingerprint density at radius 3 is 2.53 bits per heavy atom. The summed E-state index contributed by atoms with van der Waals surface area (Å²) >= 11 is 0. The van der Waals surface area contributed by atoms with Gasteiger partial charge in [0.05, 0.1) is 6.26 Å². The molecule has 0 spiro atoms. The molecule has 0 aromatic carbocycles. The molecule has 1 aliphatic heterocycles. The molecule has 2 rings (SSSR count). The number of rotatable bonds is 2. The Morgan fingerprint density at radius 2 is 2.07 bits per heavy atom. The second kappa shape index (κ2) is 3.99. The molecule has 3 heteroatoms. The Labute approximate surface area is 90.7 Å². The highest BCUT2D eigenvalue weighted by Gasteiger charge is 2.36. The quantitative estimate of drug-likeness (QED) is 0.809. The lowest BCUT2D eigenvalue weighted by molar-refractivity contribution is -0.0476. The first-order chi connectivity index (χ1) is 7.12. The molecule has 0 unspecified atom stereocenters. The largest absolute Gasteiger partial charge is 0.466 e. The number of likely N-dealkylation sites (tertiary alicyclic amines) is 1. The van der Waals surface area contributed by atoms with Crippen molar-refractivity contribution in [3.63, 3.8) is 0 Å². The fraction of sp³-hybridized carbons (Fsp3) is 0.667. The molecule has 0 radical (unpaired) electrons. The van der Waals surface area contributed by atoms with E-state index in [0.29, 0.717) is 11.8 Å². The first-order valence-electron chi connectivity index (χ1n) is 5.62. The van der Waals surface area contributed by atoms with E-state index in [2.05, 4.69) is 18.7 Å². The number of aliphatic hydroxyl groups is 1. The summed E-state index contributed by atoms with van der Waals surface area (Å²) < 4.78 is 5.30. The maximum atomic E-state index is 10.4. The molecule has 1 aromatic heterocycles. The molecule has 0 aliphatic carbocycles. The van der Waals surface area contributed by atoms with Crippen LogP contribution in [-0.4, -0.2) is 29.1 Å². The predicted octanol–water partition coefficient (Wildman–Crippen LogP) is 1.97. The Kier molecular flexibility index (Phi) is 2.85. The van der Waals surface area contributed by atoms with Crippen molar-refractivity contribution in [2.75, 3.05) is 13.1 Å². The van der Waals surface area contributed by atoms with E-state index >= 15 is 0 Å². The van der Waals surface area contributed by atoms with Crippen LogP contribution in [0.4, 0.5) is 0 Å². The van der Waals surface area contributed by atoms with Crippen molar-refractivity contribution < 1.29 is 9.52 Å². The van der Waals surface area contributed by atoms with Crippen molar-refractivity contribution in [2.45, 2.75) is 38.3 Å². The highest BCUT2D eigenvalue weighted by Crippen LogP contribution is 2.33. The minimum Gasteiger partial charge on any atom is -0.466 e. The van der Waals surface area contributed by atoms with Crippen LogP contribution in [0.2, 0.25) is 0 Å². The molecule has 1 fully saturated rings. The van der Waals surface area contributed by atoms with Crippen LogP contribution >= 0.6 is 0 Å². The highest BCUT2D eigenvalue weighted by molar-refractivity contribution is 5.10. The van der Waals surface area contributed by atoms with E-state index in [-0.39, 0.29) is 0 Å². The monoisotopic (exact) mass is 209 g/mol. The maximum absolute atomic E-state index is 10.4. The van der Waals surface area contributed by atoms with Crippen molar-refractivity contribution >= 4 is 0 Å². The smallest absolute Gasteiger partial charge is 0.135 e. The van der Waals surface area contributed by atoms with Gasteiger partial charge in [0.1, 0.15) is 11.4 Å². The van der Waals surface area contributed by atoms with Crippen molar-refractivity contribution in [3.05, 3.63) is 24.2 Å². The third kappa shape index (κ3) is 2.08. The lowest BCUT2D eigenvalue weighted by Gasteiger charge is -2.38. The van der Waals surface area contributed by atoms with E-state index in [1.54, 1.807) is 6.26 Å². The highest BCUT2D eigenvalue weighted by atomic mass is 16.4.